The van der Waals surface area contributed by atoms with Gasteiger partial charge in [0, 0.05) is 29.7 Å². The molecule has 0 saturated carbocycles. The van der Waals surface area contributed by atoms with Gasteiger partial charge in [-0.05, 0) is 36.4 Å². The summed E-state index contributed by atoms with van der Waals surface area (Å²) in [5, 5.41) is 27.5. The molecule has 0 fully saturated rings. The van der Waals surface area contributed by atoms with E-state index in [0.29, 0.717) is 28.3 Å². The van der Waals surface area contributed by atoms with Crippen molar-refractivity contribution in [3.05, 3.63) is 63.7 Å². The summed E-state index contributed by atoms with van der Waals surface area (Å²) in [5.41, 5.74) is 0.422. The van der Waals surface area contributed by atoms with Crippen LogP contribution in [0.15, 0.2) is 45.6 Å². The van der Waals surface area contributed by atoms with Crippen molar-refractivity contribution in [3.63, 3.8) is 0 Å². The number of aromatic hydroxyl groups is 1. The molecule has 0 aliphatic heterocycles. The summed E-state index contributed by atoms with van der Waals surface area (Å²) in [5.74, 6) is 0.0816. The van der Waals surface area contributed by atoms with Crippen molar-refractivity contribution < 1.29 is 33.3 Å². The first-order valence-corrected chi connectivity index (χ1v) is 11.6. The third-order valence-corrected chi connectivity index (χ3v) is 6.01. The predicted octanol–water partition coefficient (Wildman–Crippen LogP) is 3.03. The topological polar surface area (TPSA) is 171 Å². The molecule has 0 unspecified atom stereocenters. The molecule has 39 heavy (non-hydrogen) atoms. The number of carbonyl (C=O) groups is 1. The van der Waals surface area contributed by atoms with Gasteiger partial charge in [0.05, 0.1) is 39.6 Å². The van der Waals surface area contributed by atoms with Crippen molar-refractivity contribution >= 4 is 11.6 Å². The minimum atomic E-state index is -0.980. The van der Waals surface area contributed by atoms with Crippen molar-refractivity contribution in [2.75, 3.05) is 33.8 Å². The highest BCUT2D eigenvalue weighted by molar-refractivity contribution is 5.92. The lowest BCUT2D eigenvalue weighted by molar-refractivity contribution is -0.116. The Morgan fingerprint density at radius 3 is 2.36 bits per heavy atom. The van der Waals surface area contributed by atoms with Crippen LogP contribution in [-0.4, -0.2) is 60.1 Å². The largest absolute Gasteiger partial charge is 0.507 e. The number of hydrogen-bond acceptors (Lipinski definition) is 11. The van der Waals surface area contributed by atoms with Gasteiger partial charge in [0.2, 0.25) is 17.5 Å². The standard InChI is InChI=1S/C26H27N5O8/c1-13-10-18(32)22(26(34)39-13)16(15-7-9-20(36-3)24(38-5)23(15)37-4)12-21(33)27-14-6-8-19(35-2)17(11-14)25-28-30-31-29-25/h6-11,16,32H,12H2,1-5H3,(H,27,33)(H,28,29,30,31)/t16-/m0/s1. The van der Waals surface area contributed by atoms with Crippen molar-refractivity contribution in [1.82, 2.24) is 20.6 Å². The summed E-state index contributed by atoms with van der Waals surface area (Å²) in [7, 11) is 5.83. The summed E-state index contributed by atoms with van der Waals surface area (Å²) in [6, 6.07) is 9.50. The van der Waals surface area contributed by atoms with E-state index in [1.165, 1.54) is 41.4 Å². The van der Waals surface area contributed by atoms with Crippen molar-refractivity contribution in [3.8, 4) is 40.1 Å². The Morgan fingerprint density at radius 2 is 1.74 bits per heavy atom. The Hall–Kier alpha value is -5.07. The Labute approximate surface area is 222 Å². The maximum Gasteiger partial charge on any atom is 0.343 e. The molecule has 0 bridgehead atoms. The van der Waals surface area contributed by atoms with Gasteiger partial charge in [-0.15, -0.1) is 10.2 Å². The summed E-state index contributed by atoms with van der Waals surface area (Å²) >= 11 is 0. The smallest absolute Gasteiger partial charge is 0.343 e. The van der Waals surface area contributed by atoms with Gasteiger partial charge in [0.15, 0.2) is 11.5 Å². The van der Waals surface area contributed by atoms with Crippen LogP contribution in [0.3, 0.4) is 0 Å². The number of hydrogen-bond donors (Lipinski definition) is 3. The number of anilines is 1. The van der Waals surface area contributed by atoms with Crippen LogP contribution >= 0.6 is 0 Å². The molecule has 0 spiro atoms. The Balaban J connectivity index is 1.76. The number of aromatic nitrogens is 4. The van der Waals surface area contributed by atoms with Crippen LogP contribution in [0.2, 0.25) is 0 Å². The van der Waals surface area contributed by atoms with Gasteiger partial charge in [0.25, 0.3) is 0 Å². The van der Waals surface area contributed by atoms with Gasteiger partial charge in [0.1, 0.15) is 17.3 Å². The molecular formula is C26H27N5O8. The summed E-state index contributed by atoms with van der Waals surface area (Å²) in [4.78, 5) is 26.3. The molecular weight excluding hydrogens is 510 g/mol. The van der Waals surface area contributed by atoms with E-state index in [1.807, 2.05) is 0 Å². The number of aryl methyl sites for hydroxylation is 1. The average Bonchev–Trinajstić information content (AvgIpc) is 3.46. The Bertz CT molecular complexity index is 1530. The zero-order chi connectivity index (χ0) is 28.1. The molecule has 1 amide bonds. The third kappa shape index (κ3) is 5.46. The molecule has 4 rings (SSSR count). The van der Waals surface area contributed by atoms with Gasteiger partial charge >= 0.3 is 5.63 Å². The summed E-state index contributed by atoms with van der Waals surface area (Å²) < 4.78 is 27.1. The average molecular weight is 538 g/mol. The van der Waals surface area contributed by atoms with Gasteiger partial charge < -0.3 is 33.8 Å². The van der Waals surface area contributed by atoms with Gasteiger partial charge in [-0.2, -0.15) is 5.21 Å². The maximum atomic E-state index is 13.4. The van der Waals surface area contributed by atoms with Gasteiger partial charge in [-0.1, -0.05) is 6.07 Å². The molecule has 3 N–H and O–H groups in total. The number of rotatable bonds is 10. The Morgan fingerprint density at radius 1 is 1.03 bits per heavy atom. The molecule has 1 atom stereocenters. The SMILES string of the molecule is COc1ccc(NC(=O)C[C@@H](c2ccc(OC)c(OC)c2OC)c2c(O)cc(C)oc2=O)cc1-c1nn[nH]n1. The first kappa shape index (κ1) is 27.0. The lowest BCUT2D eigenvalue weighted by atomic mass is 9.87. The number of carbonyl (C=O) groups excluding carboxylic acids is 1. The van der Waals surface area contributed by atoms with Gasteiger partial charge in [-0.25, -0.2) is 4.79 Å². The van der Waals surface area contributed by atoms with Crippen LogP contribution < -0.4 is 29.9 Å². The van der Waals surface area contributed by atoms with Crippen molar-refractivity contribution in [2.24, 2.45) is 0 Å². The van der Waals surface area contributed by atoms with Crippen LogP contribution in [0, 0.1) is 6.92 Å². The monoisotopic (exact) mass is 537 g/mol. The van der Waals surface area contributed by atoms with Crippen LogP contribution in [0.25, 0.3) is 11.4 Å². The fraction of sp³-hybridized carbons (Fsp3) is 0.269. The molecule has 0 saturated heterocycles. The van der Waals surface area contributed by atoms with E-state index in [4.69, 9.17) is 23.4 Å². The zero-order valence-electron chi connectivity index (χ0n) is 21.9. The van der Waals surface area contributed by atoms with Crippen LogP contribution in [0.1, 0.15) is 29.2 Å². The van der Waals surface area contributed by atoms with Gasteiger partial charge in [-0.3, -0.25) is 4.79 Å². The van der Waals surface area contributed by atoms with E-state index in [9.17, 15) is 14.7 Å². The van der Waals surface area contributed by atoms with E-state index in [2.05, 4.69) is 25.9 Å². The molecule has 4 aromatic rings. The van der Waals surface area contributed by atoms with E-state index in [0.717, 1.165) is 0 Å². The number of methoxy groups -OCH3 is 4. The zero-order valence-corrected chi connectivity index (χ0v) is 21.9. The molecule has 0 aliphatic carbocycles. The van der Waals surface area contributed by atoms with E-state index >= 15 is 0 Å². The first-order chi connectivity index (χ1) is 18.8. The van der Waals surface area contributed by atoms with Crippen LogP contribution in [0.5, 0.6) is 28.7 Å². The highest BCUT2D eigenvalue weighted by atomic mass is 16.5. The number of amides is 1. The predicted molar refractivity (Wildman–Crippen MR) is 139 cm³/mol. The van der Waals surface area contributed by atoms with E-state index in [-0.39, 0.29) is 40.8 Å². The normalized spacial score (nSPS) is 11.5. The van der Waals surface area contributed by atoms with Crippen molar-refractivity contribution in [2.45, 2.75) is 19.3 Å². The number of H-pyrrole nitrogens is 1. The van der Waals surface area contributed by atoms with Crippen LogP contribution in [0.4, 0.5) is 5.69 Å². The molecule has 13 nitrogen and oxygen atoms in total. The summed E-state index contributed by atoms with van der Waals surface area (Å²) in [6.07, 6.45) is -0.267. The highest BCUT2D eigenvalue weighted by Crippen LogP contribution is 2.46. The lowest BCUT2D eigenvalue weighted by Crippen LogP contribution is -2.21. The summed E-state index contributed by atoms with van der Waals surface area (Å²) in [6.45, 7) is 1.54. The fourth-order valence-corrected chi connectivity index (χ4v) is 4.33. The molecule has 2 heterocycles. The fourth-order valence-electron chi connectivity index (χ4n) is 4.33. The van der Waals surface area contributed by atoms with E-state index in [1.54, 1.807) is 30.3 Å². The number of nitrogens with one attached hydrogen (secondary N) is 2. The second-order valence-corrected chi connectivity index (χ2v) is 8.32. The number of tetrazole rings is 1. The van der Waals surface area contributed by atoms with E-state index < -0.39 is 17.5 Å². The maximum absolute atomic E-state index is 13.4. The highest BCUT2D eigenvalue weighted by Gasteiger charge is 2.31. The molecule has 13 heteroatoms. The molecule has 0 radical (unpaired) electrons. The second-order valence-electron chi connectivity index (χ2n) is 8.32. The molecule has 204 valence electrons. The Kier molecular flexibility index (Phi) is 7.98. The minimum Gasteiger partial charge on any atom is -0.507 e. The second kappa shape index (κ2) is 11.5. The lowest BCUT2D eigenvalue weighted by Gasteiger charge is -2.22. The third-order valence-electron chi connectivity index (χ3n) is 6.01. The molecule has 2 aromatic heterocycles. The minimum absolute atomic E-state index is 0.108. The number of ether oxygens (including phenoxy) is 4. The number of nitrogens with zero attached hydrogens (tertiary/aromatic N) is 3. The number of aromatic amines is 1. The molecule has 2 aromatic carbocycles. The number of benzene rings is 2. The van der Waals surface area contributed by atoms with Crippen LogP contribution in [-0.2, 0) is 4.79 Å². The quantitative estimate of drug-likeness (QED) is 0.272. The molecule has 0 aliphatic rings. The first-order valence-electron chi connectivity index (χ1n) is 11.6. The van der Waals surface area contributed by atoms with Crippen molar-refractivity contribution in [1.29, 1.82) is 0 Å².